The number of fused-ring (bicyclic) bond motifs is 1. The predicted molar refractivity (Wildman–Crippen MR) is 61.6 cm³/mol. The fourth-order valence-electron chi connectivity index (χ4n) is 2.29. The van der Waals surface area contributed by atoms with Crippen LogP contribution in [-0.4, -0.2) is 11.1 Å². The molecular weight excluding hydrogens is 208 g/mol. The molecule has 0 amide bonds. The van der Waals surface area contributed by atoms with Crippen LogP contribution in [0.5, 0.6) is 0 Å². The molecule has 0 fully saturated rings. The van der Waals surface area contributed by atoms with Crippen LogP contribution in [0.2, 0.25) is 0 Å². The molecule has 0 aliphatic heterocycles. The third-order valence-electron chi connectivity index (χ3n) is 3.37. The fraction of sp³-hybridized carbons (Fsp3) is 0.583. The molecule has 1 unspecified atom stereocenters. The lowest BCUT2D eigenvalue weighted by Crippen LogP contribution is -2.18. The fourth-order valence-corrected chi connectivity index (χ4v) is 3.45. The van der Waals surface area contributed by atoms with Crippen LogP contribution in [0.4, 0.5) is 0 Å². The van der Waals surface area contributed by atoms with Gasteiger partial charge in [-0.15, -0.1) is 11.3 Å². The molecule has 1 aromatic heterocycles. The van der Waals surface area contributed by atoms with Crippen LogP contribution in [0.25, 0.3) is 0 Å². The molecule has 1 aromatic rings. The molecule has 1 aliphatic rings. The van der Waals surface area contributed by atoms with Crippen molar-refractivity contribution in [2.24, 2.45) is 11.8 Å². The SMILES string of the molecule is CC(C)C1CCc2c(C(=O)O)csc2C1. The zero-order valence-electron chi connectivity index (χ0n) is 9.12. The van der Waals surface area contributed by atoms with Gasteiger partial charge in [-0.3, -0.25) is 0 Å². The molecule has 0 bridgehead atoms. The van der Waals surface area contributed by atoms with E-state index in [4.69, 9.17) is 5.11 Å². The molecule has 0 radical (unpaired) electrons. The Morgan fingerprint density at radius 3 is 2.93 bits per heavy atom. The summed E-state index contributed by atoms with van der Waals surface area (Å²) < 4.78 is 0. The van der Waals surface area contributed by atoms with Crippen LogP contribution in [0, 0.1) is 11.8 Å². The zero-order chi connectivity index (χ0) is 11.0. The lowest BCUT2D eigenvalue weighted by atomic mass is 9.81. The van der Waals surface area contributed by atoms with Gasteiger partial charge in [0.25, 0.3) is 0 Å². The Labute approximate surface area is 93.9 Å². The third-order valence-corrected chi connectivity index (χ3v) is 4.42. The van der Waals surface area contributed by atoms with Gasteiger partial charge >= 0.3 is 5.97 Å². The molecule has 1 atom stereocenters. The lowest BCUT2D eigenvalue weighted by Gasteiger charge is -2.25. The van der Waals surface area contributed by atoms with Crippen LogP contribution in [0.1, 0.15) is 41.1 Å². The maximum Gasteiger partial charge on any atom is 0.336 e. The standard InChI is InChI=1S/C12H16O2S/c1-7(2)8-3-4-9-10(12(13)14)6-15-11(9)5-8/h6-8H,3-5H2,1-2H3,(H,13,14). The predicted octanol–water partition coefficient (Wildman–Crippen LogP) is 3.21. The van der Waals surface area contributed by atoms with E-state index in [1.165, 1.54) is 4.88 Å². The first-order chi connectivity index (χ1) is 7.09. The van der Waals surface area contributed by atoms with Crippen LogP contribution >= 0.6 is 11.3 Å². The summed E-state index contributed by atoms with van der Waals surface area (Å²) in [6.07, 6.45) is 3.16. The van der Waals surface area contributed by atoms with Gasteiger partial charge in [-0.25, -0.2) is 4.79 Å². The van der Waals surface area contributed by atoms with Crippen molar-refractivity contribution in [3.8, 4) is 0 Å². The summed E-state index contributed by atoms with van der Waals surface area (Å²) in [5, 5.41) is 10.8. The lowest BCUT2D eigenvalue weighted by molar-refractivity contribution is 0.0696. The van der Waals surface area contributed by atoms with Crippen LogP contribution in [-0.2, 0) is 12.8 Å². The Hall–Kier alpha value is -0.830. The highest BCUT2D eigenvalue weighted by Crippen LogP contribution is 2.35. The number of rotatable bonds is 2. The van der Waals surface area contributed by atoms with Crippen molar-refractivity contribution in [3.63, 3.8) is 0 Å². The molecule has 3 heteroatoms. The zero-order valence-corrected chi connectivity index (χ0v) is 9.93. The third kappa shape index (κ3) is 1.93. The number of carboxylic acids is 1. The summed E-state index contributed by atoms with van der Waals surface area (Å²) >= 11 is 1.62. The van der Waals surface area contributed by atoms with Gasteiger partial charge in [-0.2, -0.15) is 0 Å². The second-order valence-corrected chi connectivity index (χ2v) is 5.57. The van der Waals surface area contributed by atoms with Crippen molar-refractivity contribution in [1.29, 1.82) is 0 Å². The number of thiophene rings is 1. The van der Waals surface area contributed by atoms with E-state index in [9.17, 15) is 4.79 Å². The van der Waals surface area contributed by atoms with Crippen LogP contribution in [0.3, 0.4) is 0 Å². The van der Waals surface area contributed by atoms with E-state index in [-0.39, 0.29) is 0 Å². The van der Waals surface area contributed by atoms with E-state index >= 15 is 0 Å². The van der Waals surface area contributed by atoms with Crippen LogP contribution < -0.4 is 0 Å². The van der Waals surface area contributed by atoms with Crippen molar-refractivity contribution >= 4 is 17.3 Å². The first kappa shape index (κ1) is 10.7. The van der Waals surface area contributed by atoms with Gasteiger partial charge in [0.05, 0.1) is 5.56 Å². The minimum atomic E-state index is -0.768. The normalized spacial score (nSPS) is 20.3. The second-order valence-electron chi connectivity index (χ2n) is 4.60. The minimum absolute atomic E-state index is 0.539. The van der Waals surface area contributed by atoms with Gasteiger partial charge in [-0.1, -0.05) is 13.8 Å². The van der Waals surface area contributed by atoms with E-state index in [0.29, 0.717) is 11.5 Å². The van der Waals surface area contributed by atoms with E-state index in [0.717, 1.165) is 30.7 Å². The highest BCUT2D eigenvalue weighted by molar-refractivity contribution is 7.10. The summed E-state index contributed by atoms with van der Waals surface area (Å²) in [5.74, 6) is 0.668. The Bertz CT molecular complexity index is 379. The number of carboxylic acid groups (broad SMARTS) is 1. The molecule has 2 nitrogen and oxygen atoms in total. The Morgan fingerprint density at radius 1 is 1.60 bits per heavy atom. The van der Waals surface area contributed by atoms with Gasteiger partial charge in [0, 0.05) is 10.3 Å². The minimum Gasteiger partial charge on any atom is -0.478 e. The molecule has 15 heavy (non-hydrogen) atoms. The van der Waals surface area contributed by atoms with E-state index < -0.39 is 5.97 Å². The molecule has 0 saturated carbocycles. The Balaban J connectivity index is 2.26. The average molecular weight is 224 g/mol. The summed E-state index contributed by atoms with van der Waals surface area (Å²) in [4.78, 5) is 12.3. The van der Waals surface area contributed by atoms with Crippen molar-refractivity contribution in [2.45, 2.75) is 33.1 Å². The maximum absolute atomic E-state index is 11.0. The summed E-state index contributed by atoms with van der Waals surface area (Å²) in [5.41, 5.74) is 1.64. The largest absolute Gasteiger partial charge is 0.478 e. The molecule has 82 valence electrons. The summed E-state index contributed by atoms with van der Waals surface area (Å²) in [6.45, 7) is 4.50. The maximum atomic E-state index is 11.0. The van der Waals surface area contributed by atoms with Crippen molar-refractivity contribution in [2.75, 3.05) is 0 Å². The quantitative estimate of drug-likeness (QED) is 0.837. The smallest absolute Gasteiger partial charge is 0.336 e. The Kier molecular flexibility index (Phi) is 2.83. The topological polar surface area (TPSA) is 37.3 Å². The number of carbonyl (C=O) groups is 1. The monoisotopic (exact) mass is 224 g/mol. The van der Waals surface area contributed by atoms with Crippen molar-refractivity contribution in [1.82, 2.24) is 0 Å². The van der Waals surface area contributed by atoms with Crippen molar-refractivity contribution in [3.05, 3.63) is 21.4 Å². The molecule has 1 aliphatic carbocycles. The summed E-state index contributed by atoms with van der Waals surface area (Å²) in [6, 6.07) is 0. The summed E-state index contributed by atoms with van der Waals surface area (Å²) in [7, 11) is 0. The van der Waals surface area contributed by atoms with Gasteiger partial charge in [-0.05, 0) is 36.7 Å². The molecule has 0 aromatic carbocycles. The van der Waals surface area contributed by atoms with E-state index in [2.05, 4.69) is 13.8 Å². The van der Waals surface area contributed by atoms with Gasteiger partial charge in [0.15, 0.2) is 0 Å². The number of hydrogen-bond donors (Lipinski definition) is 1. The second kappa shape index (κ2) is 3.97. The number of hydrogen-bond acceptors (Lipinski definition) is 2. The van der Waals surface area contributed by atoms with Crippen LogP contribution in [0.15, 0.2) is 5.38 Å². The molecule has 0 saturated heterocycles. The molecule has 2 rings (SSSR count). The highest BCUT2D eigenvalue weighted by Gasteiger charge is 2.26. The molecule has 1 N–H and O–H groups in total. The van der Waals surface area contributed by atoms with Crippen molar-refractivity contribution < 1.29 is 9.90 Å². The molecular formula is C12H16O2S. The molecule has 1 heterocycles. The first-order valence-corrected chi connectivity index (χ1v) is 6.30. The number of aromatic carboxylic acids is 1. The molecule has 0 spiro atoms. The van der Waals surface area contributed by atoms with Gasteiger partial charge in [0.1, 0.15) is 0 Å². The Morgan fingerprint density at radius 2 is 2.33 bits per heavy atom. The highest BCUT2D eigenvalue weighted by atomic mass is 32.1. The first-order valence-electron chi connectivity index (χ1n) is 5.42. The van der Waals surface area contributed by atoms with E-state index in [1.54, 1.807) is 16.7 Å². The average Bonchev–Trinajstić information content (AvgIpc) is 2.59. The van der Waals surface area contributed by atoms with Gasteiger partial charge < -0.3 is 5.11 Å². The van der Waals surface area contributed by atoms with E-state index in [1.807, 2.05) is 0 Å². The van der Waals surface area contributed by atoms with Gasteiger partial charge in [0.2, 0.25) is 0 Å².